The van der Waals surface area contributed by atoms with Gasteiger partial charge in [-0.2, -0.15) is 0 Å². The molecule has 35 heavy (non-hydrogen) atoms. The number of hydrogen-bond donors (Lipinski definition) is 3. The van der Waals surface area contributed by atoms with Gasteiger partial charge in [0.15, 0.2) is 0 Å². The van der Waals surface area contributed by atoms with Crippen LogP contribution in [0.15, 0.2) is 24.3 Å². The summed E-state index contributed by atoms with van der Waals surface area (Å²) >= 11 is 0. The van der Waals surface area contributed by atoms with E-state index in [0.29, 0.717) is 18.7 Å². The topological polar surface area (TPSA) is 108 Å². The molecule has 0 saturated heterocycles. The zero-order chi connectivity index (χ0) is 26.6. The Bertz CT molecular complexity index is 802. The monoisotopic (exact) mass is 491 g/mol. The van der Waals surface area contributed by atoms with E-state index in [1.807, 2.05) is 20.8 Å². The van der Waals surface area contributed by atoms with Crippen molar-refractivity contribution in [3.8, 4) is 5.75 Å². The number of alkyl carbamates (subject to hydrolysis) is 1. The van der Waals surface area contributed by atoms with Crippen molar-refractivity contribution in [2.75, 3.05) is 13.1 Å². The van der Waals surface area contributed by atoms with Gasteiger partial charge < -0.3 is 25.4 Å². The molecule has 2 unspecified atom stereocenters. The molecule has 198 valence electrons. The van der Waals surface area contributed by atoms with Crippen LogP contribution < -0.4 is 10.6 Å². The van der Waals surface area contributed by atoms with Gasteiger partial charge in [0.2, 0.25) is 11.8 Å². The molecule has 1 aromatic rings. The minimum absolute atomic E-state index is 0.0781. The van der Waals surface area contributed by atoms with Crippen LogP contribution >= 0.6 is 0 Å². The Labute approximate surface area is 210 Å². The molecule has 0 aliphatic rings. The minimum atomic E-state index is -0.890. The number of aromatic hydroxyl groups is 1. The Morgan fingerprint density at radius 3 is 2.11 bits per heavy atom. The van der Waals surface area contributed by atoms with E-state index in [1.54, 1.807) is 37.8 Å². The molecular formula is C27H45N3O5. The number of ether oxygens (including phenoxy) is 1. The number of carbonyl (C=O) groups is 3. The number of nitrogens with zero attached hydrogens (tertiary/aromatic N) is 1. The van der Waals surface area contributed by atoms with Crippen molar-refractivity contribution < 1.29 is 24.2 Å². The molecule has 3 N–H and O–H groups in total. The van der Waals surface area contributed by atoms with Crippen molar-refractivity contribution in [1.82, 2.24) is 15.5 Å². The molecule has 0 aliphatic carbocycles. The first-order chi connectivity index (χ1) is 16.4. The lowest BCUT2D eigenvalue weighted by Gasteiger charge is -2.35. The second kappa shape index (κ2) is 14.6. The number of phenols is 1. The number of carbonyl (C=O) groups excluding carboxylic acids is 3. The zero-order valence-electron chi connectivity index (χ0n) is 22.5. The van der Waals surface area contributed by atoms with E-state index in [1.165, 1.54) is 12.1 Å². The van der Waals surface area contributed by atoms with Crippen LogP contribution in [0.25, 0.3) is 0 Å². The highest BCUT2D eigenvalue weighted by molar-refractivity contribution is 5.92. The van der Waals surface area contributed by atoms with Crippen LogP contribution in [0.3, 0.4) is 0 Å². The van der Waals surface area contributed by atoms with Gasteiger partial charge >= 0.3 is 6.09 Å². The Hall–Kier alpha value is -2.77. The molecule has 2 atom stereocenters. The standard InChI is InChI=1S/C27H45N3O5/c1-8-10-12-18-30(25(33)22(19(3)4)29-26(34)35-27(5,6)7)23(24(32)28-17-11-9-2)20-13-15-21(31)16-14-20/h13-16,19,22-23,31H,8-12,17-18H2,1-7H3,(H,28,32)(H,29,34). The van der Waals surface area contributed by atoms with E-state index >= 15 is 0 Å². The Balaban J connectivity index is 3.38. The van der Waals surface area contributed by atoms with Crippen molar-refractivity contribution in [3.63, 3.8) is 0 Å². The van der Waals surface area contributed by atoms with Crippen molar-refractivity contribution in [3.05, 3.63) is 29.8 Å². The van der Waals surface area contributed by atoms with Crippen molar-refractivity contribution in [1.29, 1.82) is 0 Å². The van der Waals surface area contributed by atoms with Crippen LogP contribution in [-0.2, 0) is 14.3 Å². The van der Waals surface area contributed by atoms with E-state index in [0.717, 1.165) is 32.1 Å². The van der Waals surface area contributed by atoms with Crippen LogP contribution in [0.2, 0.25) is 0 Å². The normalized spacial score (nSPS) is 13.1. The molecule has 0 saturated carbocycles. The highest BCUT2D eigenvalue weighted by Gasteiger charge is 2.37. The number of benzene rings is 1. The SMILES string of the molecule is CCCCCN(C(=O)C(NC(=O)OC(C)(C)C)C(C)C)C(C(=O)NCCCC)c1ccc(O)cc1. The second-order valence-electron chi connectivity index (χ2n) is 10.2. The van der Waals surface area contributed by atoms with Gasteiger partial charge in [-0.15, -0.1) is 0 Å². The maximum absolute atomic E-state index is 13.9. The fourth-order valence-corrected chi connectivity index (χ4v) is 3.64. The third-order valence-electron chi connectivity index (χ3n) is 5.49. The van der Waals surface area contributed by atoms with Crippen LogP contribution in [0.4, 0.5) is 4.79 Å². The molecule has 8 nitrogen and oxygen atoms in total. The van der Waals surface area contributed by atoms with Crippen molar-refractivity contribution >= 4 is 17.9 Å². The molecule has 0 spiro atoms. The number of hydrogen-bond acceptors (Lipinski definition) is 5. The summed E-state index contributed by atoms with van der Waals surface area (Å²) in [5.74, 6) is -0.777. The molecule has 0 fully saturated rings. The first-order valence-corrected chi connectivity index (χ1v) is 12.8. The fraction of sp³-hybridized carbons (Fsp3) is 0.667. The van der Waals surface area contributed by atoms with Gasteiger partial charge in [-0.3, -0.25) is 9.59 Å². The molecule has 1 rings (SSSR count). The summed E-state index contributed by atoms with van der Waals surface area (Å²) in [6.45, 7) is 14.0. The molecule has 8 heteroatoms. The Morgan fingerprint density at radius 2 is 1.60 bits per heavy atom. The lowest BCUT2D eigenvalue weighted by Crippen LogP contribution is -2.55. The van der Waals surface area contributed by atoms with E-state index in [9.17, 15) is 19.5 Å². The molecule has 0 aliphatic heterocycles. The summed E-state index contributed by atoms with van der Waals surface area (Å²) < 4.78 is 5.39. The van der Waals surface area contributed by atoms with Gasteiger partial charge in [0.1, 0.15) is 23.4 Å². The molecule has 0 aromatic heterocycles. The smallest absolute Gasteiger partial charge is 0.408 e. The summed E-state index contributed by atoms with van der Waals surface area (Å²) in [7, 11) is 0. The second-order valence-corrected chi connectivity index (χ2v) is 10.2. The van der Waals surface area contributed by atoms with Crippen molar-refractivity contribution in [2.45, 2.75) is 98.3 Å². The summed E-state index contributed by atoms with van der Waals surface area (Å²) in [5.41, 5.74) is -0.107. The highest BCUT2D eigenvalue weighted by atomic mass is 16.6. The van der Waals surface area contributed by atoms with Gasteiger partial charge in [0.05, 0.1) is 0 Å². The van der Waals surface area contributed by atoms with Crippen LogP contribution in [0.5, 0.6) is 5.75 Å². The zero-order valence-corrected chi connectivity index (χ0v) is 22.5. The third-order valence-corrected chi connectivity index (χ3v) is 5.49. The number of rotatable bonds is 13. The fourth-order valence-electron chi connectivity index (χ4n) is 3.64. The quantitative estimate of drug-likeness (QED) is 0.340. The van der Waals surface area contributed by atoms with Gasteiger partial charge in [0, 0.05) is 13.1 Å². The van der Waals surface area contributed by atoms with Crippen LogP contribution in [0, 0.1) is 5.92 Å². The van der Waals surface area contributed by atoms with E-state index in [-0.39, 0.29) is 23.5 Å². The molecule has 1 aromatic carbocycles. The van der Waals surface area contributed by atoms with Gasteiger partial charge in [-0.1, -0.05) is 59.1 Å². The Kier molecular flexibility index (Phi) is 12.6. The molecule has 0 radical (unpaired) electrons. The Morgan fingerprint density at radius 1 is 1.00 bits per heavy atom. The van der Waals surface area contributed by atoms with E-state index < -0.39 is 23.8 Å². The van der Waals surface area contributed by atoms with Crippen molar-refractivity contribution in [2.24, 2.45) is 5.92 Å². The molecule has 0 bridgehead atoms. The maximum atomic E-state index is 13.9. The van der Waals surface area contributed by atoms with E-state index in [4.69, 9.17) is 4.74 Å². The number of unbranched alkanes of at least 4 members (excludes halogenated alkanes) is 3. The summed E-state index contributed by atoms with van der Waals surface area (Å²) in [6, 6.07) is 4.58. The average molecular weight is 492 g/mol. The number of phenolic OH excluding ortho intramolecular Hbond substituents is 1. The lowest BCUT2D eigenvalue weighted by atomic mass is 9.98. The number of nitrogens with one attached hydrogen (secondary N) is 2. The largest absolute Gasteiger partial charge is 0.508 e. The van der Waals surface area contributed by atoms with Gasteiger partial charge in [-0.05, 0) is 57.2 Å². The maximum Gasteiger partial charge on any atom is 0.408 e. The summed E-state index contributed by atoms with van der Waals surface area (Å²) in [4.78, 5) is 41.4. The minimum Gasteiger partial charge on any atom is -0.508 e. The average Bonchev–Trinajstić information content (AvgIpc) is 2.76. The van der Waals surface area contributed by atoms with Crippen LogP contribution in [0.1, 0.15) is 92.2 Å². The van der Waals surface area contributed by atoms with Gasteiger partial charge in [-0.25, -0.2) is 4.79 Å². The highest BCUT2D eigenvalue weighted by Crippen LogP contribution is 2.26. The molecular weight excluding hydrogens is 446 g/mol. The van der Waals surface area contributed by atoms with Gasteiger partial charge in [0.25, 0.3) is 0 Å². The summed E-state index contributed by atoms with van der Waals surface area (Å²) in [5, 5.41) is 15.5. The molecule has 0 heterocycles. The molecule has 3 amide bonds. The first kappa shape index (κ1) is 30.3. The summed E-state index contributed by atoms with van der Waals surface area (Å²) in [6.07, 6.45) is 3.65. The predicted molar refractivity (Wildman–Crippen MR) is 138 cm³/mol. The van der Waals surface area contributed by atoms with Crippen LogP contribution in [-0.4, -0.2) is 52.6 Å². The lowest BCUT2D eigenvalue weighted by molar-refractivity contribution is -0.143. The third kappa shape index (κ3) is 10.6. The predicted octanol–water partition coefficient (Wildman–Crippen LogP) is 4.92. The number of amides is 3. The first-order valence-electron chi connectivity index (χ1n) is 12.8. The van der Waals surface area contributed by atoms with E-state index in [2.05, 4.69) is 17.6 Å².